The SMILES string of the molecule is COC(=O)NC(=O)c1ccccc1OC. The van der Waals surface area contributed by atoms with Crippen LogP contribution in [0.1, 0.15) is 10.4 Å². The van der Waals surface area contributed by atoms with Crippen molar-refractivity contribution in [3.63, 3.8) is 0 Å². The molecule has 1 aromatic rings. The highest BCUT2D eigenvalue weighted by atomic mass is 16.5. The first-order chi connectivity index (χ1) is 7.19. The second-order valence-corrected chi connectivity index (χ2v) is 2.65. The van der Waals surface area contributed by atoms with Crippen LogP contribution in [0.5, 0.6) is 5.75 Å². The van der Waals surface area contributed by atoms with Gasteiger partial charge in [0.1, 0.15) is 5.75 Å². The molecule has 0 saturated heterocycles. The molecule has 80 valence electrons. The molecule has 5 nitrogen and oxygen atoms in total. The van der Waals surface area contributed by atoms with E-state index in [0.717, 1.165) is 0 Å². The third-order valence-electron chi connectivity index (χ3n) is 1.75. The lowest BCUT2D eigenvalue weighted by molar-refractivity contribution is 0.0934. The van der Waals surface area contributed by atoms with Crippen LogP contribution in [0.4, 0.5) is 4.79 Å². The van der Waals surface area contributed by atoms with Gasteiger partial charge in [-0.05, 0) is 12.1 Å². The van der Waals surface area contributed by atoms with Crippen LogP contribution in [-0.4, -0.2) is 26.2 Å². The van der Waals surface area contributed by atoms with Crippen molar-refractivity contribution >= 4 is 12.0 Å². The maximum absolute atomic E-state index is 11.5. The molecule has 1 N–H and O–H groups in total. The Balaban J connectivity index is 2.86. The van der Waals surface area contributed by atoms with Crippen LogP contribution in [-0.2, 0) is 4.74 Å². The maximum Gasteiger partial charge on any atom is 0.413 e. The van der Waals surface area contributed by atoms with Crippen LogP contribution in [0.15, 0.2) is 24.3 Å². The lowest BCUT2D eigenvalue weighted by Crippen LogP contribution is -2.30. The number of amides is 2. The Morgan fingerprint density at radius 3 is 2.47 bits per heavy atom. The van der Waals surface area contributed by atoms with Crippen LogP contribution in [0, 0.1) is 0 Å². The first-order valence-corrected chi connectivity index (χ1v) is 4.21. The van der Waals surface area contributed by atoms with E-state index in [9.17, 15) is 9.59 Å². The van der Waals surface area contributed by atoms with Crippen LogP contribution in [0.3, 0.4) is 0 Å². The number of benzene rings is 1. The van der Waals surface area contributed by atoms with Gasteiger partial charge in [0.25, 0.3) is 5.91 Å². The summed E-state index contributed by atoms with van der Waals surface area (Å²) in [6.45, 7) is 0. The van der Waals surface area contributed by atoms with Crippen molar-refractivity contribution in [1.82, 2.24) is 5.32 Å². The molecule has 15 heavy (non-hydrogen) atoms. The summed E-state index contributed by atoms with van der Waals surface area (Å²) in [6, 6.07) is 6.59. The topological polar surface area (TPSA) is 64.6 Å². The molecule has 0 aliphatic carbocycles. The molecule has 2 amide bonds. The maximum atomic E-state index is 11.5. The van der Waals surface area contributed by atoms with Crippen molar-refractivity contribution in [1.29, 1.82) is 0 Å². The Kier molecular flexibility index (Phi) is 3.68. The molecule has 1 rings (SSSR count). The molecule has 0 fully saturated rings. The van der Waals surface area contributed by atoms with Crippen molar-refractivity contribution in [3.05, 3.63) is 29.8 Å². The quantitative estimate of drug-likeness (QED) is 0.794. The molecular formula is C10H11NO4. The summed E-state index contributed by atoms with van der Waals surface area (Å²) in [5, 5.41) is 2.04. The number of rotatable bonds is 2. The summed E-state index contributed by atoms with van der Waals surface area (Å²) < 4.78 is 9.27. The zero-order chi connectivity index (χ0) is 11.3. The number of alkyl carbamates (subject to hydrolysis) is 1. The van der Waals surface area contributed by atoms with E-state index in [-0.39, 0.29) is 5.56 Å². The van der Waals surface area contributed by atoms with Gasteiger partial charge in [-0.1, -0.05) is 12.1 Å². The van der Waals surface area contributed by atoms with Crippen LogP contribution < -0.4 is 10.1 Å². The Morgan fingerprint density at radius 2 is 1.87 bits per heavy atom. The highest BCUT2D eigenvalue weighted by molar-refractivity contribution is 6.04. The number of imide groups is 1. The molecule has 0 unspecified atom stereocenters. The molecule has 0 saturated carbocycles. The van der Waals surface area contributed by atoms with E-state index in [1.54, 1.807) is 24.3 Å². The first kappa shape index (κ1) is 11.0. The van der Waals surface area contributed by atoms with Gasteiger partial charge in [-0.2, -0.15) is 0 Å². The molecule has 5 heteroatoms. The van der Waals surface area contributed by atoms with E-state index in [0.29, 0.717) is 5.75 Å². The fourth-order valence-corrected chi connectivity index (χ4v) is 1.04. The molecule has 0 aromatic heterocycles. The smallest absolute Gasteiger partial charge is 0.413 e. The number of para-hydroxylation sites is 1. The van der Waals surface area contributed by atoms with Crippen molar-refractivity contribution in [3.8, 4) is 5.75 Å². The molecule has 0 heterocycles. The number of carbonyl (C=O) groups is 2. The fraction of sp³-hybridized carbons (Fsp3) is 0.200. The fourth-order valence-electron chi connectivity index (χ4n) is 1.04. The average Bonchev–Trinajstić information content (AvgIpc) is 2.28. The summed E-state index contributed by atoms with van der Waals surface area (Å²) in [6.07, 6.45) is -0.800. The second kappa shape index (κ2) is 4.99. The number of hydrogen-bond acceptors (Lipinski definition) is 4. The van der Waals surface area contributed by atoms with Gasteiger partial charge in [-0.15, -0.1) is 0 Å². The van der Waals surface area contributed by atoms with E-state index < -0.39 is 12.0 Å². The number of ether oxygens (including phenoxy) is 2. The lowest BCUT2D eigenvalue weighted by Gasteiger charge is -2.06. The van der Waals surface area contributed by atoms with Gasteiger partial charge < -0.3 is 9.47 Å². The van der Waals surface area contributed by atoms with Gasteiger partial charge in [0, 0.05) is 0 Å². The van der Waals surface area contributed by atoms with Crippen molar-refractivity contribution in [2.45, 2.75) is 0 Å². The van der Waals surface area contributed by atoms with Crippen molar-refractivity contribution in [2.75, 3.05) is 14.2 Å². The molecule has 1 aromatic carbocycles. The van der Waals surface area contributed by atoms with Gasteiger partial charge in [0.2, 0.25) is 0 Å². The summed E-state index contributed by atoms with van der Waals surface area (Å²) in [4.78, 5) is 22.3. The average molecular weight is 209 g/mol. The highest BCUT2D eigenvalue weighted by Gasteiger charge is 2.13. The van der Waals surface area contributed by atoms with Crippen molar-refractivity contribution in [2.24, 2.45) is 0 Å². The minimum absolute atomic E-state index is 0.283. The lowest BCUT2D eigenvalue weighted by atomic mass is 10.2. The summed E-state index contributed by atoms with van der Waals surface area (Å²) in [5.41, 5.74) is 0.283. The minimum atomic E-state index is -0.800. The van der Waals surface area contributed by atoms with Gasteiger partial charge >= 0.3 is 6.09 Å². The molecule has 0 radical (unpaired) electrons. The zero-order valence-electron chi connectivity index (χ0n) is 8.44. The van der Waals surface area contributed by atoms with E-state index in [1.165, 1.54) is 14.2 Å². The normalized spacial score (nSPS) is 9.20. The summed E-state index contributed by atoms with van der Waals surface area (Å²) in [7, 11) is 2.63. The predicted octanol–water partition coefficient (Wildman–Crippen LogP) is 1.19. The van der Waals surface area contributed by atoms with Crippen molar-refractivity contribution < 1.29 is 19.1 Å². The van der Waals surface area contributed by atoms with E-state index in [1.807, 2.05) is 5.32 Å². The Hall–Kier alpha value is -2.04. The molecular weight excluding hydrogens is 198 g/mol. The van der Waals surface area contributed by atoms with E-state index in [4.69, 9.17) is 4.74 Å². The van der Waals surface area contributed by atoms with Crippen LogP contribution >= 0.6 is 0 Å². The molecule has 0 aliphatic heterocycles. The van der Waals surface area contributed by atoms with Crippen LogP contribution in [0.2, 0.25) is 0 Å². The number of methoxy groups -OCH3 is 2. The zero-order valence-corrected chi connectivity index (χ0v) is 8.44. The third-order valence-corrected chi connectivity index (χ3v) is 1.75. The molecule has 0 spiro atoms. The summed E-state index contributed by atoms with van der Waals surface area (Å²) in [5.74, 6) is -0.154. The van der Waals surface area contributed by atoms with Crippen LogP contribution in [0.25, 0.3) is 0 Å². The Morgan fingerprint density at radius 1 is 1.20 bits per heavy atom. The summed E-state index contributed by atoms with van der Waals surface area (Å²) >= 11 is 0. The number of hydrogen-bond donors (Lipinski definition) is 1. The van der Waals surface area contributed by atoms with Gasteiger partial charge in [0.15, 0.2) is 0 Å². The standard InChI is InChI=1S/C10H11NO4/c1-14-8-6-4-3-5-7(8)9(12)11-10(13)15-2/h3-6H,1-2H3,(H,11,12,13). The highest BCUT2D eigenvalue weighted by Crippen LogP contribution is 2.16. The second-order valence-electron chi connectivity index (χ2n) is 2.65. The molecule has 0 atom stereocenters. The number of carbonyl (C=O) groups excluding carboxylic acids is 2. The van der Waals surface area contributed by atoms with Gasteiger partial charge in [-0.3, -0.25) is 10.1 Å². The predicted molar refractivity (Wildman–Crippen MR) is 52.9 cm³/mol. The van der Waals surface area contributed by atoms with Gasteiger partial charge in [-0.25, -0.2) is 4.79 Å². The number of nitrogens with one attached hydrogen (secondary N) is 1. The van der Waals surface area contributed by atoms with Gasteiger partial charge in [0.05, 0.1) is 19.8 Å². The van der Waals surface area contributed by atoms with E-state index >= 15 is 0 Å². The Bertz CT molecular complexity index is 375. The Labute approximate surface area is 87.0 Å². The molecule has 0 aliphatic rings. The third kappa shape index (κ3) is 2.70. The molecule has 0 bridgehead atoms. The monoisotopic (exact) mass is 209 g/mol. The van der Waals surface area contributed by atoms with E-state index in [2.05, 4.69) is 4.74 Å². The first-order valence-electron chi connectivity index (χ1n) is 4.21. The largest absolute Gasteiger partial charge is 0.496 e. The minimum Gasteiger partial charge on any atom is -0.496 e.